The molecule has 7 heteroatoms. The molecule has 0 saturated heterocycles. The third kappa shape index (κ3) is 6.12. The second-order valence-corrected chi connectivity index (χ2v) is 3.70. The van der Waals surface area contributed by atoms with E-state index in [1.54, 1.807) is 19.2 Å². The lowest BCUT2D eigenvalue weighted by Gasteiger charge is -2.06. The minimum Gasteiger partial charge on any atom is -0.382 e. The van der Waals surface area contributed by atoms with Crippen LogP contribution in [0.3, 0.4) is 0 Å². The molecule has 0 aromatic carbocycles. The van der Waals surface area contributed by atoms with Gasteiger partial charge in [0.15, 0.2) is 5.69 Å². The van der Waals surface area contributed by atoms with Gasteiger partial charge in [0.05, 0.1) is 19.8 Å². The normalized spacial score (nSPS) is 10.2. The zero-order valence-corrected chi connectivity index (χ0v) is 11.3. The van der Waals surface area contributed by atoms with Gasteiger partial charge >= 0.3 is 0 Å². The van der Waals surface area contributed by atoms with Crippen LogP contribution in [0.5, 0.6) is 0 Å². The van der Waals surface area contributed by atoms with Gasteiger partial charge in [-0.3, -0.25) is 4.79 Å². The van der Waals surface area contributed by atoms with Gasteiger partial charge in [0.2, 0.25) is 0 Å². The number of carbonyl (C=O) groups is 1. The van der Waals surface area contributed by atoms with E-state index in [0.717, 1.165) is 6.54 Å². The number of carbonyl (C=O) groups excluding carboxylic acids is 1. The molecule has 0 radical (unpaired) electrons. The third-order valence-corrected chi connectivity index (χ3v) is 2.22. The van der Waals surface area contributed by atoms with E-state index in [1.807, 2.05) is 6.92 Å². The highest BCUT2D eigenvalue weighted by Crippen LogP contribution is 2.01. The quantitative estimate of drug-likeness (QED) is 0.627. The Balaban J connectivity index is 2.25. The smallest absolute Gasteiger partial charge is 0.271 e. The van der Waals surface area contributed by atoms with Crippen LogP contribution in [0.25, 0.3) is 0 Å². The zero-order valence-electron chi connectivity index (χ0n) is 11.3. The predicted molar refractivity (Wildman–Crippen MR) is 71.2 cm³/mol. The van der Waals surface area contributed by atoms with Crippen LogP contribution in [0.1, 0.15) is 17.4 Å². The second kappa shape index (κ2) is 9.23. The van der Waals surface area contributed by atoms with Crippen molar-refractivity contribution >= 4 is 11.7 Å². The van der Waals surface area contributed by atoms with Crippen molar-refractivity contribution in [2.24, 2.45) is 0 Å². The molecule has 1 rings (SSSR count). The minimum atomic E-state index is -0.258. The van der Waals surface area contributed by atoms with E-state index in [-0.39, 0.29) is 5.91 Å². The van der Waals surface area contributed by atoms with Gasteiger partial charge in [0.1, 0.15) is 5.82 Å². The van der Waals surface area contributed by atoms with Crippen LogP contribution in [0.4, 0.5) is 5.82 Å². The summed E-state index contributed by atoms with van der Waals surface area (Å²) in [4.78, 5) is 11.7. The molecule has 0 spiro atoms. The average molecular weight is 268 g/mol. The molecule has 0 aliphatic heterocycles. The van der Waals surface area contributed by atoms with Crippen molar-refractivity contribution in [1.82, 2.24) is 15.5 Å². The number of methoxy groups -OCH3 is 1. The monoisotopic (exact) mass is 268 g/mol. The Hall–Kier alpha value is -1.73. The molecule has 0 aliphatic rings. The number of hydrogen-bond acceptors (Lipinski definition) is 6. The van der Waals surface area contributed by atoms with Crippen LogP contribution in [-0.2, 0) is 9.47 Å². The summed E-state index contributed by atoms with van der Waals surface area (Å²) in [6.45, 7) is 4.66. The first-order chi connectivity index (χ1) is 9.27. The molecular formula is C12H20N4O3. The van der Waals surface area contributed by atoms with E-state index in [0.29, 0.717) is 37.9 Å². The average Bonchev–Trinajstić information content (AvgIpc) is 2.43. The van der Waals surface area contributed by atoms with Gasteiger partial charge in [0.25, 0.3) is 5.91 Å². The maximum absolute atomic E-state index is 11.7. The Bertz CT molecular complexity index is 370. The van der Waals surface area contributed by atoms with Gasteiger partial charge in [-0.15, -0.1) is 10.2 Å². The van der Waals surface area contributed by atoms with Crippen LogP contribution in [0.2, 0.25) is 0 Å². The molecule has 106 valence electrons. The first-order valence-corrected chi connectivity index (χ1v) is 6.20. The maximum atomic E-state index is 11.7. The van der Waals surface area contributed by atoms with Gasteiger partial charge in [-0.25, -0.2) is 0 Å². The molecule has 19 heavy (non-hydrogen) atoms. The lowest BCUT2D eigenvalue weighted by Crippen LogP contribution is -2.28. The van der Waals surface area contributed by atoms with Gasteiger partial charge in [-0.05, 0) is 19.1 Å². The van der Waals surface area contributed by atoms with E-state index in [9.17, 15) is 4.79 Å². The topological polar surface area (TPSA) is 85.4 Å². The zero-order chi connectivity index (χ0) is 13.9. The first-order valence-electron chi connectivity index (χ1n) is 6.20. The molecular weight excluding hydrogens is 248 g/mol. The predicted octanol–water partition coefficient (Wildman–Crippen LogP) is 0.301. The summed E-state index contributed by atoms with van der Waals surface area (Å²) in [5.41, 5.74) is 0.290. The molecule has 0 bridgehead atoms. The van der Waals surface area contributed by atoms with E-state index in [1.165, 1.54) is 0 Å². The molecule has 0 fully saturated rings. The Morgan fingerprint density at radius 1 is 1.26 bits per heavy atom. The Kier molecular flexibility index (Phi) is 7.45. The van der Waals surface area contributed by atoms with Crippen LogP contribution >= 0.6 is 0 Å². The van der Waals surface area contributed by atoms with Crippen LogP contribution in [0.15, 0.2) is 12.1 Å². The highest BCUT2D eigenvalue weighted by Gasteiger charge is 2.06. The highest BCUT2D eigenvalue weighted by atomic mass is 16.5. The van der Waals surface area contributed by atoms with E-state index in [2.05, 4.69) is 20.8 Å². The summed E-state index contributed by atoms with van der Waals surface area (Å²) in [5.74, 6) is 0.396. The SMILES string of the molecule is CCNc1ccc(C(=O)NCCOCCOC)nn1. The number of nitrogens with zero attached hydrogens (tertiary/aromatic N) is 2. The molecule has 1 amide bonds. The molecule has 1 heterocycles. The molecule has 0 saturated carbocycles. The van der Waals surface area contributed by atoms with Crippen molar-refractivity contribution in [3.8, 4) is 0 Å². The van der Waals surface area contributed by atoms with Crippen molar-refractivity contribution in [3.63, 3.8) is 0 Å². The number of hydrogen-bond donors (Lipinski definition) is 2. The fourth-order valence-electron chi connectivity index (χ4n) is 1.30. The number of anilines is 1. The van der Waals surface area contributed by atoms with Crippen molar-refractivity contribution < 1.29 is 14.3 Å². The Morgan fingerprint density at radius 2 is 2.11 bits per heavy atom. The highest BCUT2D eigenvalue weighted by molar-refractivity contribution is 5.92. The van der Waals surface area contributed by atoms with Crippen molar-refractivity contribution in [3.05, 3.63) is 17.8 Å². The Morgan fingerprint density at radius 3 is 2.74 bits per heavy atom. The number of ether oxygens (including phenoxy) is 2. The number of amides is 1. The maximum Gasteiger partial charge on any atom is 0.271 e. The summed E-state index contributed by atoms with van der Waals surface area (Å²) >= 11 is 0. The molecule has 2 N–H and O–H groups in total. The third-order valence-electron chi connectivity index (χ3n) is 2.22. The van der Waals surface area contributed by atoms with E-state index >= 15 is 0 Å². The lowest BCUT2D eigenvalue weighted by molar-refractivity contribution is 0.0691. The second-order valence-electron chi connectivity index (χ2n) is 3.70. The first kappa shape index (κ1) is 15.3. The minimum absolute atomic E-state index is 0.258. The van der Waals surface area contributed by atoms with Gasteiger partial charge in [0, 0.05) is 20.2 Å². The number of rotatable bonds is 9. The van der Waals surface area contributed by atoms with Crippen LogP contribution < -0.4 is 10.6 Å². The van der Waals surface area contributed by atoms with Crippen molar-refractivity contribution in [2.75, 3.05) is 45.3 Å². The largest absolute Gasteiger partial charge is 0.382 e. The van der Waals surface area contributed by atoms with Crippen molar-refractivity contribution in [2.45, 2.75) is 6.92 Å². The molecule has 0 atom stereocenters. The summed E-state index contributed by atoms with van der Waals surface area (Å²) in [6.07, 6.45) is 0. The van der Waals surface area contributed by atoms with Gasteiger partial charge in [-0.2, -0.15) is 0 Å². The molecule has 7 nitrogen and oxygen atoms in total. The van der Waals surface area contributed by atoms with Crippen LogP contribution in [-0.4, -0.2) is 56.1 Å². The van der Waals surface area contributed by atoms with Gasteiger partial charge < -0.3 is 20.1 Å². The fraction of sp³-hybridized carbons (Fsp3) is 0.583. The molecule has 0 unspecified atom stereocenters. The fourth-order valence-corrected chi connectivity index (χ4v) is 1.30. The summed E-state index contributed by atoms with van der Waals surface area (Å²) in [5, 5.41) is 13.4. The number of nitrogens with one attached hydrogen (secondary N) is 2. The standard InChI is InChI=1S/C12H20N4O3/c1-3-13-11-5-4-10(15-16-11)12(17)14-6-7-19-9-8-18-2/h4-5H,3,6-9H2,1-2H3,(H,13,16)(H,14,17). The summed E-state index contributed by atoms with van der Waals surface area (Å²) < 4.78 is 10.1. The van der Waals surface area contributed by atoms with E-state index in [4.69, 9.17) is 9.47 Å². The number of aromatic nitrogens is 2. The van der Waals surface area contributed by atoms with E-state index < -0.39 is 0 Å². The lowest BCUT2D eigenvalue weighted by atomic mass is 10.3. The van der Waals surface area contributed by atoms with Crippen LogP contribution in [0, 0.1) is 0 Å². The Labute approximate surface area is 112 Å². The summed E-state index contributed by atoms with van der Waals surface area (Å²) in [6, 6.07) is 3.35. The molecule has 1 aromatic heterocycles. The molecule has 1 aromatic rings. The van der Waals surface area contributed by atoms with Crippen molar-refractivity contribution in [1.29, 1.82) is 0 Å². The molecule has 0 aliphatic carbocycles. The van der Waals surface area contributed by atoms with Gasteiger partial charge in [-0.1, -0.05) is 0 Å². The summed E-state index contributed by atoms with van der Waals surface area (Å²) in [7, 11) is 1.61.